The lowest BCUT2D eigenvalue weighted by Crippen LogP contribution is -2.30. The normalized spacial score (nSPS) is 11.2. The Morgan fingerprint density at radius 3 is 2.39 bits per heavy atom. The highest BCUT2D eigenvalue weighted by molar-refractivity contribution is 7.80. The van der Waals surface area contributed by atoms with Crippen molar-refractivity contribution >= 4 is 45.6 Å². The van der Waals surface area contributed by atoms with E-state index in [9.17, 15) is 9.90 Å². The molecule has 4 rings (SSSR count). The van der Waals surface area contributed by atoms with Gasteiger partial charge < -0.3 is 30.4 Å². The van der Waals surface area contributed by atoms with E-state index in [1.807, 2.05) is 63.5 Å². The first-order chi connectivity index (χ1) is 19.7. The maximum absolute atomic E-state index is 12.6. The number of hydrogen-bond acceptors (Lipinski definition) is 5. The number of nitrogens with zero attached hydrogens (tertiary/aromatic N) is 2. The Hall–Kier alpha value is -3.95. The molecule has 0 bridgehead atoms. The summed E-state index contributed by atoms with van der Waals surface area (Å²) in [5.74, 6) is -0.313. The van der Waals surface area contributed by atoms with E-state index in [1.165, 1.54) is 0 Å². The Balaban J connectivity index is 1.84. The van der Waals surface area contributed by atoms with Crippen molar-refractivity contribution in [2.75, 3.05) is 57.5 Å². The monoisotopic (exact) mass is 574 g/mol. The molecule has 0 fully saturated rings. The van der Waals surface area contributed by atoms with Crippen molar-refractivity contribution in [3.63, 3.8) is 0 Å². The molecule has 0 aromatic heterocycles. The van der Waals surface area contributed by atoms with Crippen molar-refractivity contribution in [2.24, 2.45) is 0 Å². The third-order valence-electron chi connectivity index (χ3n) is 7.06. The fourth-order valence-corrected chi connectivity index (χ4v) is 5.28. The van der Waals surface area contributed by atoms with E-state index in [4.69, 9.17) is 16.6 Å². The summed E-state index contributed by atoms with van der Waals surface area (Å²) in [7, 11) is 4.06. The molecule has 216 valence electrons. The average Bonchev–Trinajstić information content (AvgIpc) is 2.95. The summed E-state index contributed by atoms with van der Waals surface area (Å²) in [6.45, 7) is 10.5. The van der Waals surface area contributed by atoms with Crippen LogP contribution in [0.4, 0.5) is 11.4 Å². The number of carboxylic acids is 1. The molecule has 2 aromatic rings. The zero-order chi connectivity index (χ0) is 29.5. The van der Waals surface area contributed by atoms with Crippen molar-refractivity contribution in [3.8, 4) is 22.5 Å². The quantitative estimate of drug-likeness (QED) is 0.0821. The summed E-state index contributed by atoms with van der Waals surface area (Å²) in [5.41, 5.74) is 4.72. The van der Waals surface area contributed by atoms with E-state index in [-0.39, 0.29) is 5.56 Å². The molecule has 8 nitrogen and oxygen atoms in total. The topological polar surface area (TPSA) is 92.8 Å². The molecule has 2 aromatic carbocycles. The molecule has 4 N–H and O–H groups in total. The Morgan fingerprint density at radius 2 is 1.71 bits per heavy atom. The SMILES string of the molecule is CCNc1ccc2c(-c3ccc(NC(=S)NCCCN(C)C)cc3C(=O)O)c3ccc(=[N+](CC)CC)cc-3oc2c1. The molecule has 0 saturated heterocycles. The van der Waals surface area contributed by atoms with Crippen LogP contribution in [0.5, 0.6) is 0 Å². The average molecular weight is 575 g/mol. The number of benzene rings is 3. The van der Waals surface area contributed by atoms with Gasteiger partial charge in [-0.15, -0.1) is 0 Å². The van der Waals surface area contributed by atoms with Gasteiger partial charge in [-0.05, 0) is 95.9 Å². The van der Waals surface area contributed by atoms with Crippen molar-refractivity contribution in [2.45, 2.75) is 27.2 Å². The number of aromatic carboxylic acids is 1. The van der Waals surface area contributed by atoms with Crippen LogP contribution < -0.4 is 25.9 Å². The van der Waals surface area contributed by atoms with Crippen LogP contribution in [0.1, 0.15) is 37.6 Å². The Morgan fingerprint density at radius 1 is 0.976 bits per heavy atom. The van der Waals surface area contributed by atoms with Gasteiger partial charge in [0, 0.05) is 53.1 Å². The van der Waals surface area contributed by atoms with E-state index >= 15 is 0 Å². The lowest BCUT2D eigenvalue weighted by Gasteiger charge is -2.18. The summed E-state index contributed by atoms with van der Waals surface area (Å²) in [4.78, 5) is 14.7. The van der Waals surface area contributed by atoms with E-state index < -0.39 is 5.97 Å². The third kappa shape index (κ3) is 7.04. The highest BCUT2D eigenvalue weighted by Crippen LogP contribution is 2.42. The number of anilines is 2. The maximum Gasteiger partial charge on any atom is 0.336 e. The molecule has 1 heterocycles. The molecule has 1 aliphatic carbocycles. The maximum atomic E-state index is 12.6. The Kier molecular flexibility index (Phi) is 9.96. The molecular weight excluding hydrogens is 534 g/mol. The molecular formula is C32H40N5O3S+. The smallest absolute Gasteiger partial charge is 0.336 e. The summed E-state index contributed by atoms with van der Waals surface area (Å²) >= 11 is 5.46. The van der Waals surface area contributed by atoms with Gasteiger partial charge in [-0.3, -0.25) is 0 Å². The van der Waals surface area contributed by atoms with Gasteiger partial charge >= 0.3 is 5.97 Å². The van der Waals surface area contributed by atoms with Gasteiger partial charge in [0.25, 0.3) is 0 Å². The highest BCUT2D eigenvalue weighted by Gasteiger charge is 2.23. The lowest BCUT2D eigenvalue weighted by molar-refractivity contribution is 0.0697. The largest absolute Gasteiger partial charge is 0.478 e. The van der Waals surface area contributed by atoms with Crippen molar-refractivity contribution < 1.29 is 14.3 Å². The summed E-state index contributed by atoms with van der Waals surface area (Å²) in [5, 5.41) is 22.4. The van der Waals surface area contributed by atoms with E-state index in [2.05, 4.69) is 45.3 Å². The van der Waals surface area contributed by atoms with E-state index in [0.29, 0.717) is 27.7 Å². The predicted molar refractivity (Wildman–Crippen MR) is 173 cm³/mol. The second kappa shape index (κ2) is 13.6. The fourth-order valence-electron chi connectivity index (χ4n) is 5.06. The Labute approximate surface area is 247 Å². The number of rotatable bonds is 11. The molecule has 0 atom stereocenters. The van der Waals surface area contributed by atoms with Crippen LogP contribution in [-0.2, 0) is 0 Å². The Bertz CT molecular complexity index is 1590. The van der Waals surface area contributed by atoms with Crippen LogP contribution in [0.2, 0.25) is 0 Å². The predicted octanol–water partition coefficient (Wildman–Crippen LogP) is 5.38. The first-order valence-electron chi connectivity index (χ1n) is 14.1. The van der Waals surface area contributed by atoms with Crippen LogP contribution in [0.25, 0.3) is 33.4 Å². The van der Waals surface area contributed by atoms with Crippen molar-refractivity contribution in [1.29, 1.82) is 0 Å². The zero-order valence-electron chi connectivity index (χ0n) is 24.5. The first-order valence-corrected chi connectivity index (χ1v) is 14.6. The van der Waals surface area contributed by atoms with Crippen molar-refractivity contribution in [3.05, 3.63) is 65.5 Å². The number of hydrogen-bond donors (Lipinski definition) is 4. The van der Waals surface area contributed by atoms with Gasteiger partial charge in [-0.2, -0.15) is 0 Å². The molecule has 0 spiro atoms. The molecule has 2 aliphatic rings. The summed E-state index contributed by atoms with van der Waals surface area (Å²) in [6, 6.07) is 17.5. The van der Waals surface area contributed by atoms with Crippen molar-refractivity contribution in [1.82, 2.24) is 14.8 Å². The van der Waals surface area contributed by atoms with Gasteiger partial charge in [-0.1, -0.05) is 6.07 Å². The highest BCUT2D eigenvalue weighted by atomic mass is 32.1. The minimum absolute atomic E-state index is 0.183. The van der Waals surface area contributed by atoms with Gasteiger partial charge in [-0.25, -0.2) is 9.37 Å². The standard InChI is InChI=1S/C32H39N5O3S/c1-6-33-21-10-14-25-28(19-21)40-29-20-23(37(7-2)8-3)12-15-26(29)30(25)24-13-11-22(18-27(24)31(38)39)35-32(41)34-16-9-17-36(4)5/h10-15,18-20H,6-9,16-17H2,1-5H3,(H3,33,34,35,38,39,41)/p+1. The minimum Gasteiger partial charge on any atom is -0.478 e. The van der Waals surface area contributed by atoms with Crippen LogP contribution in [0.3, 0.4) is 0 Å². The summed E-state index contributed by atoms with van der Waals surface area (Å²) in [6.07, 6.45) is 0.943. The first kappa shape index (κ1) is 30.0. The molecule has 1 aliphatic heterocycles. The summed E-state index contributed by atoms with van der Waals surface area (Å²) < 4.78 is 8.72. The van der Waals surface area contributed by atoms with Gasteiger partial charge in [0.1, 0.15) is 24.4 Å². The van der Waals surface area contributed by atoms with Crippen LogP contribution >= 0.6 is 12.2 Å². The van der Waals surface area contributed by atoms with Gasteiger partial charge in [0.15, 0.2) is 5.11 Å². The zero-order valence-corrected chi connectivity index (χ0v) is 25.3. The van der Waals surface area contributed by atoms with E-state index in [0.717, 1.165) is 66.7 Å². The third-order valence-corrected chi connectivity index (χ3v) is 7.31. The van der Waals surface area contributed by atoms with Crippen LogP contribution in [0, 0.1) is 0 Å². The second-order valence-corrected chi connectivity index (χ2v) is 10.6. The second-order valence-electron chi connectivity index (χ2n) is 10.2. The lowest BCUT2D eigenvalue weighted by atomic mass is 9.90. The fraction of sp³-hybridized carbons (Fsp3) is 0.344. The number of carbonyl (C=O) groups is 1. The number of carboxylic acid groups (broad SMARTS) is 1. The molecule has 9 heteroatoms. The minimum atomic E-state index is -1.01. The molecule has 0 saturated carbocycles. The van der Waals surface area contributed by atoms with Gasteiger partial charge in [0.05, 0.1) is 11.6 Å². The molecule has 0 unspecified atom stereocenters. The van der Waals surface area contributed by atoms with Gasteiger partial charge in [0.2, 0.25) is 5.36 Å². The molecule has 0 radical (unpaired) electrons. The number of fused-ring (bicyclic) bond motifs is 2. The molecule has 0 amide bonds. The van der Waals surface area contributed by atoms with Crippen LogP contribution in [0.15, 0.2) is 59.0 Å². The number of thiocarbonyl (C=S) groups is 1. The van der Waals surface area contributed by atoms with Crippen LogP contribution in [-0.4, -0.2) is 67.9 Å². The van der Waals surface area contributed by atoms with E-state index in [1.54, 1.807) is 6.07 Å². The number of nitrogens with one attached hydrogen (secondary N) is 3. The molecule has 41 heavy (non-hydrogen) atoms.